The van der Waals surface area contributed by atoms with Crippen LogP contribution in [0.2, 0.25) is 0 Å². The highest BCUT2D eigenvalue weighted by atomic mass is 16.4. The van der Waals surface area contributed by atoms with Crippen LogP contribution < -0.4 is 10.6 Å². The second-order valence-corrected chi connectivity index (χ2v) is 4.87. The molecule has 1 aliphatic rings. The number of benzene rings is 1. The summed E-state index contributed by atoms with van der Waals surface area (Å²) in [6.07, 6.45) is 1.86. The Kier molecular flexibility index (Phi) is 4.02. The Hall–Kier alpha value is -2.37. The monoisotopic (exact) mass is 276 g/mol. The van der Waals surface area contributed by atoms with Crippen LogP contribution in [0, 0.1) is 5.92 Å². The molecule has 0 heterocycles. The van der Waals surface area contributed by atoms with Crippen molar-refractivity contribution in [1.29, 1.82) is 0 Å². The Morgan fingerprint density at radius 3 is 2.30 bits per heavy atom. The largest absolute Gasteiger partial charge is 0.480 e. The van der Waals surface area contributed by atoms with E-state index in [4.69, 9.17) is 5.11 Å². The quantitative estimate of drug-likeness (QED) is 0.754. The van der Waals surface area contributed by atoms with E-state index in [9.17, 15) is 14.4 Å². The summed E-state index contributed by atoms with van der Waals surface area (Å²) < 4.78 is 0. The number of hydrogen-bond donors (Lipinski definition) is 3. The maximum atomic E-state index is 11.7. The molecule has 6 nitrogen and oxygen atoms in total. The summed E-state index contributed by atoms with van der Waals surface area (Å²) in [6.45, 7) is 1.39. The molecule has 20 heavy (non-hydrogen) atoms. The number of carbonyl (C=O) groups excluding carboxylic acids is 2. The van der Waals surface area contributed by atoms with Crippen LogP contribution in [0.15, 0.2) is 24.3 Å². The number of anilines is 1. The Morgan fingerprint density at radius 1 is 1.20 bits per heavy atom. The van der Waals surface area contributed by atoms with Crippen molar-refractivity contribution in [3.63, 3.8) is 0 Å². The molecule has 106 valence electrons. The van der Waals surface area contributed by atoms with Gasteiger partial charge in [0, 0.05) is 17.2 Å². The molecule has 0 aliphatic heterocycles. The lowest BCUT2D eigenvalue weighted by atomic mass is 10.1. The fourth-order valence-electron chi connectivity index (χ4n) is 1.64. The summed E-state index contributed by atoms with van der Waals surface area (Å²) in [5, 5.41) is 13.8. The summed E-state index contributed by atoms with van der Waals surface area (Å²) in [7, 11) is 0. The van der Waals surface area contributed by atoms with Crippen molar-refractivity contribution in [2.24, 2.45) is 5.92 Å². The van der Waals surface area contributed by atoms with E-state index in [0.29, 0.717) is 11.3 Å². The molecule has 0 unspecified atom stereocenters. The minimum atomic E-state index is -1.09. The van der Waals surface area contributed by atoms with Gasteiger partial charge in [-0.2, -0.15) is 0 Å². The Labute approximate surface area is 116 Å². The topological polar surface area (TPSA) is 95.5 Å². The number of nitrogens with one attached hydrogen (secondary N) is 2. The van der Waals surface area contributed by atoms with Gasteiger partial charge < -0.3 is 15.7 Å². The molecule has 0 bridgehead atoms. The minimum absolute atomic E-state index is 0.00157. The van der Waals surface area contributed by atoms with Crippen LogP contribution in [-0.4, -0.2) is 28.9 Å². The minimum Gasteiger partial charge on any atom is -0.480 e. The maximum absolute atomic E-state index is 11.7. The number of carbonyl (C=O) groups is 3. The molecule has 0 saturated heterocycles. The van der Waals surface area contributed by atoms with Gasteiger partial charge in [0.1, 0.15) is 6.04 Å². The van der Waals surface area contributed by atoms with E-state index >= 15 is 0 Å². The van der Waals surface area contributed by atoms with Crippen LogP contribution in [0.4, 0.5) is 5.69 Å². The van der Waals surface area contributed by atoms with Gasteiger partial charge in [0.25, 0.3) is 5.91 Å². The highest BCUT2D eigenvalue weighted by Crippen LogP contribution is 2.30. The standard InChI is InChI=1S/C14H16N2O4/c1-8(14(19)20)15-12(17)10-4-6-11(7-5-10)16-13(18)9-2-3-9/h4-9H,2-3H2,1H3,(H,15,17)(H,16,18)(H,19,20)/t8-/m1/s1. The van der Waals surface area contributed by atoms with E-state index in [1.807, 2.05) is 0 Å². The van der Waals surface area contributed by atoms with Crippen molar-refractivity contribution in [3.8, 4) is 0 Å². The molecular formula is C14H16N2O4. The van der Waals surface area contributed by atoms with Gasteiger partial charge in [0.15, 0.2) is 0 Å². The van der Waals surface area contributed by atoms with E-state index in [0.717, 1.165) is 12.8 Å². The Morgan fingerprint density at radius 2 is 1.80 bits per heavy atom. The van der Waals surface area contributed by atoms with Gasteiger partial charge >= 0.3 is 5.97 Å². The van der Waals surface area contributed by atoms with E-state index in [1.165, 1.54) is 6.92 Å². The smallest absolute Gasteiger partial charge is 0.325 e. The molecule has 0 aromatic heterocycles. The first-order valence-corrected chi connectivity index (χ1v) is 6.42. The number of rotatable bonds is 5. The van der Waals surface area contributed by atoms with Gasteiger partial charge in [-0.05, 0) is 44.0 Å². The normalized spacial score (nSPS) is 15.2. The van der Waals surface area contributed by atoms with Crippen LogP contribution in [0.5, 0.6) is 0 Å². The van der Waals surface area contributed by atoms with Crippen LogP contribution in [0.3, 0.4) is 0 Å². The number of amides is 2. The lowest BCUT2D eigenvalue weighted by Gasteiger charge is -2.10. The van der Waals surface area contributed by atoms with Crippen LogP contribution in [-0.2, 0) is 9.59 Å². The van der Waals surface area contributed by atoms with E-state index in [2.05, 4.69) is 10.6 Å². The van der Waals surface area contributed by atoms with Crippen molar-refractivity contribution < 1.29 is 19.5 Å². The SMILES string of the molecule is C[C@@H](NC(=O)c1ccc(NC(=O)C2CC2)cc1)C(=O)O. The highest BCUT2D eigenvalue weighted by molar-refractivity contribution is 5.98. The molecule has 3 N–H and O–H groups in total. The van der Waals surface area contributed by atoms with Gasteiger partial charge in [-0.1, -0.05) is 0 Å². The van der Waals surface area contributed by atoms with Gasteiger partial charge in [-0.25, -0.2) is 0 Å². The first kappa shape index (κ1) is 14.0. The lowest BCUT2D eigenvalue weighted by molar-refractivity contribution is -0.138. The van der Waals surface area contributed by atoms with Gasteiger partial charge in [-0.15, -0.1) is 0 Å². The Bertz CT molecular complexity index is 535. The highest BCUT2D eigenvalue weighted by Gasteiger charge is 2.29. The fourth-order valence-corrected chi connectivity index (χ4v) is 1.64. The average molecular weight is 276 g/mol. The molecule has 1 fully saturated rings. The molecule has 0 spiro atoms. The summed E-state index contributed by atoms with van der Waals surface area (Å²) in [6, 6.07) is 5.40. The van der Waals surface area contributed by atoms with Gasteiger partial charge in [0.2, 0.25) is 5.91 Å². The molecule has 1 aliphatic carbocycles. The van der Waals surface area contributed by atoms with Crippen LogP contribution >= 0.6 is 0 Å². The predicted octanol–water partition coefficient (Wildman–Crippen LogP) is 1.24. The summed E-state index contributed by atoms with van der Waals surface area (Å²) in [5.41, 5.74) is 0.979. The average Bonchev–Trinajstić information content (AvgIpc) is 3.23. The van der Waals surface area contributed by atoms with Crippen LogP contribution in [0.1, 0.15) is 30.1 Å². The van der Waals surface area contributed by atoms with Crippen molar-refractivity contribution >= 4 is 23.5 Å². The van der Waals surface area contributed by atoms with E-state index < -0.39 is 17.9 Å². The number of carboxylic acids is 1. The lowest BCUT2D eigenvalue weighted by Crippen LogP contribution is -2.38. The molecule has 0 radical (unpaired) electrons. The number of aliphatic carboxylic acids is 1. The second kappa shape index (κ2) is 5.73. The predicted molar refractivity (Wildman–Crippen MR) is 72.4 cm³/mol. The summed E-state index contributed by atoms with van der Waals surface area (Å²) in [4.78, 5) is 34.0. The third-order valence-electron chi connectivity index (χ3n) is 3.08. The first-order chi connectivity index (χ1) is 9.47. The van der Waals surface area contributed by atoms with Crippen molar-refractivity contribution in [2.45, 2.75) is 25.8 Å². The van der Waals surface area contributed by atoms with Gasteiger partial charge in [0.05, 0.1) is 0 Å². The molecule has 1 saturated carbocycles. The molecule has 2 rings (SSSR count). The molecule has 6 heteroatoms. The van der Waals surface area contributed by atoms with Gasteiger partial charge in [-0.3, -0.25) is 14.4 Å². The summed E-state index contributed by atoms with van der Waals surface area (Å²) >= 11 is 0. The molecule has 1 atom stereocenters. The number of carboxylic acid groups (broad SMARTS) is 1. The number of hydrogen-bond acceptors (Lipinski definition) is 3. The second-order valence-electron chi connectivity index (χ2n) is 4.87. The first-order valence-electron chi connectivity index (χ1n) is 6.42. The zero-order valence-corrected chi connectivity index (χ0v) is 11.1. The van der Waals surface area contributed by atoms with E-state index in [1.54, 1.807) is 24.3 Å². The molecular weight excluding hydrogens is 260 g/mol. The fraction of sp³-hybridized carbons (Fsp3) is 0.357. The molecule has 1 aromatic carbocycles. The maximum Gasteiger partial charge on any atom is 0.325 e. The van der Waals surface area contributed by atoms with E-state index in [-0.39, 0.29) is 11.8 Å². The third-order valence-corrected chi connectivity index (χ3v) is 3.08. The third kappa shape index (κ3) is 3.57. The van der Waals surface area contributed by atoms with Crippen LogP contribution in [0.25, 0.3) is 0 Å². The zero-order valence-electron chi connectivity index (χ0n) is 11.1. The van der Waals surface area contributed by atoms with Crippen molar-refractivity contribution in [3.05, 3.63) is 29.8 Å². The molecule has 2 amide bonds. The van der Waals surface area contributed by atoms with Crippen molar-refractivity contribution in [2.75, 3.05) is 5.32 Å². The summed E-state index contributed by atoms with van der Waals surface area (Å²) in [5.74, 6) is -1.43. The Balaban J connectivity index is 1.94. The molecule has 1 aromatic rings. The zero-order chi connectivity index (χ0) is 14.7. The van der Waals surface area contributed by atoms with Crippen molar-refractivity contribution in [1.82, 2.24) is 5.32 Å².